The van der Waals surface area contributed by atoms with Gasteiger partial charge in [0.05, 0.1) is 18.3 Å². The average molecular weight is 349 g/mol. The largest absolute Gasteiger partial charge is 0.464 e. The first-order chi connectivity index (χ1) is 12.7. The van der Waals surface area contributed by atoms with E-state index >= 15 is 0 Å². The number of carbonyl (C=O) groups is 1. The monoisotopic (exact) mass is 349 g/mol. The standard InChI is InChI=1S/C21H23N3O2/c1-14-10-11-19-17(12-16-8-5-9-18(22-16)21(25)26-2)20(23-24(19)13-14)15-6-3-4-7-15/h5,8-11,13,15H,3-4,6-7,12H2,1-2H3. The van der Waals surface area contributed by atoms with E-state index in [1.165, 1.54) is 49.6 Å². The normalized spacial score (nSPS) is 14.8. The lowest BCUT2D eigenvalue weighted by molar-refractivity contribution is 0.0593. The molecule has 0 spiro atoms. The summed E-state index contributed by atoms with van der Waals surface area (Å²) in [5, 5.41) is 4.92. The molecule has 0 unspecified atom stereocenters. The van der Waals surface area contributed by atoms with Gasteiger partial charge in [-0.25, -0.2) is 14.3 Å². The van der Waals surface area contributed by atoms with Crippen molar-refractivity contribution in [1.82, 2.24) is 14.6 Å². The molecule has 0 N–H and O–H groups in total. The number of hydrogen-bond acceptors (Lipinski definition) is 4. The summed E-state index contributed by atoms with van der Waals surface area (Å²) in [5.74, 6) is 0.118. The lowest BCUT2D eigenvalue weighted by Crippen LogP contribution is -2.07. The number of hydrogen-bond donors (Lipinski definition) is 0. The molecule has 3 aromatic heterocycles. The molecule has 0 saturated heterocycles. The van der Waals surface area contributed by atoms with Gasteiger partial charge in [-0.15, -0.1) is 0 Å². The highest BCUT2D eigenvalue weighted by atomic mass is 16.5. The molecule has 0 atom stereocenters. The van der Waals surface area contributed by atoms with E-state index in [0.29, 0.717) is 18.0 Å². The summed E-state index contributed by atoms with van der Waals surface area (Å²) in [6, 6.07) is 9.77. The first-order valence-electron chi connectivity index (χ1n) is 9.17. The zero-order chi connectivity index (χ0) is 18.1. The Morgan fingerprint density at radius 1 is 1.23 bits per heavy atom. The number of fused-ring (bicyclic) bond motifs is 1. The van der Waals surface area contributed by atoms with E-state index in [-0.39, 0.29) is 0 Å². The molecule has 134 valence electrons. The Morgan fingerprint density at radius 3 is 2.81 bits per heavy atom. The van der Waals surface area contributed by atoms with Crippen LogP contribution in [0.5, 0.6) is 0 Å². The van der Waals surface area contributed by atoms with E-state index in [0.717, 1.165) is 11.2 Å². The summed E-state index contributed by atoms with van der Waals surface area (Å²) in [6.07, 6.45) is 7.69. The van der Waals surface area contributed by atoms with E-state index < -0.39 is 5.97 Å². The average Bonchev–Trinajstić information content (AvgIpc) is 3.29. The first kappa shape index (κ1) is 16.8. The van der Waals surface area contributed by atoms with Crippen LogP contribution in [0.15, 0.2) is 36.5 Å². The van der Waals surface area contributed by atoms with Gasteiger partial charge in [0.2, 0.25) is 0 Å². The van der Waals surface area contributed by atoms with Gasteiger partial charge in [0.1, 0.15) is 5.69 Å². The quantitative estimate of drug-likeness (QED) is 0.666. The van der Waals surface area contributed by atoms with Crippen molar-refractivity contribution in [1.29, 1.82) is 0 Å². The molecule has 3 aromatic rings. The molecule has 5 heteroatoms. The topological polar surface area (TPSA) is 56.5 Å². The summed E-state index contributed by atoms with van der Waals surface area (Å²) in [6.45, 7) is 2.08. The Morgan fingerprint density at radius 2 is 2.04 bits per heavy atom. The van der Waals surface area contributed by atoms with Gasteiger partial charge < -0.3 is 4.74 Å². The third kappa shape index (κ3) is 3.09. The number of pyridine rings is 2. The Labute approximate surface area is 153 Å². The fourth-order valence-electron chi connectivity index (χ4n) is 3.91. The van der Waals surface area contributed by atoms with Gasteiger partial charge in [-0.1, -0.05) is 25.0 Å². The van der Waals surface area contributed by atoms with Crippen molar-refractivity contribution in [3.8, 4) is 0 Å². The molecule has 1 fully saturated rings. The van der Waals surface area contributed by atoms with Crippen LogP contribution < -0.4 is 0 Å². The maximum atomic E-state index is 11.8. The van der Waals surface area contributed by atoms with Crippen LogP contribution in [0, 0.1) is 6.92 Å². The van der Waals surface area contributed by atoms with Crippen molar-refractivity contribution in [2.75, 3.05) is 7.11 Å². The van der Waals surface area contributed by atoms with Crippen molar-refractivity contribution < 1.29 is 9.53 Å². The van der Waals surface area contributed by atoms with Gasteiger partial charge >= 0.3 is 5.97 Å². The predicted octanol–water partition coefficient (Wildman–Crippen LogP) is 4.07. The molecule has 0 radical (unpaired) electrons. The molecule has 3 heterocycles. The Kier molecular flexibility index (Phi) is 4.45. The van der Waals surface area contributed by atoms with Gasteiger partial charge in [-0.3, -0.25) is 0 Å². The molecule has 5 nitrogen and oxygen atoms in total. The Bertz CT molecular complexity index is 955. The molecule has 0 aromatic carbocycles. The Balaban J connectivity index is 1.77. The third-order valence-corrected chi connectivity index (χ3v) is 5.21. The van der Waals surface area contributed by atoms with Crippen LogP contribution in [-0.2, 0) is 11.2 Å². The maximum Gasteiger partial charge on any atom is 0.356 e. The van der Waals surface area contributed by atoms with Gasteiger partial charge in [-0.05, 0) is 43.5 Å². The fourth-order valence-corrected chi connectivity index (χ4v) is 3.91. The second-order valence-electron chi connectivity index (χ2n) is 7.06. The van der Waals surface area contributed by atoms with E-state index in [1.807, 2.05) is 16.6 Å². The maximum absolute atomic E-state index is 11.8. The highest BCUT2D eigenvalue weighted by molar-refractivity contribution is 5.87. The van der Waals surface area contributed by atoms with E-state index in [1.54, 1.807) is 6.07 Å². The minimum Gasteiger partial charge on any atom is -0.464 e. The van der Waals surface area contributed by atoms with Crippen molar-refractivity contribution in [3.05, 3.63) is 64.7 Å². The van der Waals surface area contributed by atoms with Crippen LogP contribution >= 0.6 is 0 Å². The smallest absolute Gasteiger partial charge is 0.356 e. The summed E-state index contributed by atoms with van der Waals surface area (Å²) < 4.78 is 6.80. The van der Waals surface area contributed by atoms with Crippen LogP contribution in [0.25, 0.3) is 5.52 Å². The zero-order valence-corrected chi connectivity index (χ0v) is 15.2. The highest BCUT2D eigenvalue weighted by Crippen LogP contribution is 2.37. The van der Waals surface area contributed by atoms with Crippen molar-refractivity contribution >= 4 is 11.5 Å². The minimum atomic E-state index is -0.404. The molecule has 1 aliphatic rings. The zero-order valence-electron chi connectivity index (χ0n) is 15.2. The van der Waals surface area contributed by atoms with E-state index in [9.17, 15) is 4.79 Å². The van der Waals surface area contributed by atoms with Crippen molar-refractivity contribution in [2.45, 2.75) is 44.9 Å². The number of nitrogens with zero attached hydrogens (tertiary/aromatic N) is 3. The van der Waals surface area contributed by atoms with Crippen molar-refractivity contribution in [3.63, 3.8) is 0 Å². The van der Waals surface area contributed by atoms with Crippen LogP contribution in [-0.4, -0.2) is 27.7 Å². The molecule has 0 bridgehead atoms. The lowest BCUT2D eigenvalue weighted by Gasteiger charge is -2.09. The van der Waals surface area contributed by atoms with Crippen LogP contribution in [0.2, 0.25) is 0 Å². The second kappa shape index (κ2) is 6.90. The molecule has 26 heavy (non-hydrogen) atoms. The van der Waals surface area contributed by atoms with E-state index in [2.05, 4.69) is 30.2 Å². The number of methoxy groups -OCH3 is 1. The molecule has 0 aliphatic heterocycles. The SMILES string of the molecule is COC(=O)c1cccc(Cc2c(C3CCCC3)nn3cc(C)ccc23)n1. The number of esters is 1. The predicted molar refractivity (Wildman–Crippen MR) is 99.5 cm³/mol. The summed E-state index contributed by atoms with van der Waals surface area (Å²) in [4.78, 5) is 16.3. The van der Waals surface area contributed by atoms with Gasteiger partial charge in [0.15, 0.2) is 0 Å². The molecule has 1 aliphatic carbocycles. The first-order valence-corrected chi connectivity index (χ1v) is 9.17. The fraction of sp³-hybridized carbons (Fsp3) is 0.381. The summed E-state index contributed by atoms with van der Waals surface area (Å²) in [5.41, 5.74) is 5.95. The minimum absolute atomic E-state index is 0.347. The third-order valence-electron chi connectivity index (χ3n) is 5.21. The highest BCUT2D eigenvalue weighted by Gasteiger charge is 2.25. The van der Waals surface area contributed by atoms with Gasteiger partial charge in [-0.2, -0.15) is 5.10 Å². The molecular formula is C21H23N3O2. The number of rotatable bonds is 4. The molecular weight excluding hydrogens is 326 g/mol. The summed E-state index contributed by atoms with van der Waals surface area (Å²) >= 11 is 0. The number of ether oxygens (including phenoxy) is 1. The number of aromatic nitrogens is 3. The number of carbonyl (C=O) groups excluding carboxylic acids is 1. The molecule has 4 rings (SSSR count). The van der Waals surface area contributed by atoms with Gasteiger partial charge in [0.25, 0.3) is 0 Å². The second-order valence-corrected chi connectivity index (χ2v) is 7.06. The van der Waals surface area contributed by atoms with Crippen LogP contribution in [0.3, 0.4) is 0 Å². The van der Waals surface area contributed by atoms with Gasteiger partial charge in [0, 0.05) is 29.8 Å². The lowest BCUT2D eigenvalue weighted by atomic mass is 9.96. The van der Waals surface area contributed by atoms with Crippen LogP contribution in [0.4, 0.5) is 0 Å². The molecule has 1 saturated carbocycles. The number of aryl methyl sites for hydroxylation is 1. The van der Waals surface area contributed by atoms with Crippen LogP contribution in [0.1, 0.15) is 64.6 Å². The molecule has 0 amide bonds. The van der Waals surface area contributed by atoms with Crippen molar-refractivity contribution in [2.24, 2.45) is 0 Å². The Hall–Kier alpha value is -2.69. The van der Waals surface area contributed by atoms with E-state index in [4.69, 9.17) is 9.84 Å². The summed E-state index contributed by atoms with van der Waals surface area (Å²) in [7, 11) is 1.38.